The smallest absolute Gasteiger partial charge is 0.332 e. The molecule has 6 heteroatoms. The summed E-state index contributed by atoms with van der Waals surface area (Å²) in [6.07, 6.45) is -1.58. The summed E-state index contributed by atoms with van der Waals surface area (Å²) in [7, 11) is 0. The number of hydrogen-bond donors (Lipinski definition) is 2. The molecule has 2 N–H and O–H groups in total. The molecule has 0 unspecified atom stereocenters. The summed E-state index contributed by atoms with van der Waals surface area (Å²) in [5, 5.41) is 19.2. The number of carboxylic acids is 1. The van der Waals surface area contributed by atoms with Gasteiger partial charge < -0.3 is 10.2 Å². The molecule has 0 heterocycles. The molecule has 0 saturated carbocycles. The summed E-state index contributed by atoms with van der Waals surface area (Å²) in [6.45, 7) is -0.425. The summed E-state index contributed by atoms with van der Waals surface area (Å²) in [5.41, 5.74) is 7.65. The van der Waals surface area contributed by atoms with Gasteiger partial charge in [0.1, 0.15) is 0 Å². The van der Waals surface area contributed by atoms with Crippen molar-refractivity contribution in [2.75, 3.05) is 6.54 Å². The number of aliphatic hydroxyl groups excluding tert-OH is 1. The molecule has 0 aliphatic rings. The zero-order chi connectivity index (χ0) is 7.28. The van der Waals surface area contributed by atoms with Gasteiger partial charge in [0.2, 0.25) is 0 Å². The second-order valence-corrected chi connectivity index (χ2v) is 1.27. The fourth-order valence-electron chi connectivity index (χ4n) is 0.192. The summed E-state index contributed by atoms with van der Waals surface area (Å²) < 4.78 is 0. The van der Waals surface area contributed by atoms with E-state index in [2.05, 4.69) is 10.0 Å². The van der Waals surface area contributed by atoms with Crippen LogP contribution in [0.4, 0.5) is 0 Å². The first kappa shape index (κ1) is 7.74. The quantitative estimate of drug-likeness (QED) is 0.313. The van der Waals surface area contributed by atoms with Crippen LogP contribution in [0.1, 0.15) is 0 Å². The highest BCUT2D eigenvalue weighted by Crippen LogP contribution is 1.83. The molecule has 1 atom stereocenters. The van der Waals surface area contributed by atoms with Gasteiger partial charge in [-0.3, -0.25) is 0 Å². The van der Waals surface area contributed by atoms with Crippen molar-refractivity contribution in [2.24, 2.45) is 5.11 Å². The Morgan fingerprint density at radius 1 is 1.89 bits per heavy atom. The zero-order valence-corrected chi connectivity index (χ0v) is 4.43. The van der Waals surface area contributed by atoms with Crippen molar-refractivity contribution in [3.8, 4) is 0 Å². The molecule has 0 amide bonds. The van der Waals surface area contributed by atoms with E-state index < -0.39 is 18.6 Å². The van der Waals surface area contributed by atoms with Crippen molar-refractivity contribution in [1.29, 1.82) is 0 Å². The van der Waals surface area contributed by atoms with Gasteiger partial charge in [0.05, 0.1) is 6.54 Å². The lowest BCUT2D eigenvalue weighted by molar-refractivity contribution is -0.145. The number of nitrogens with zero attached hydrogens (tertiary/aromatic N) is 3. The third kappa shape index (κ3) is 3.33. The molecular weight excluding hydrogens is 126 g/mol. The maximum Gasteiger partial charge on any atom is 0.332 e. The van der Waals surface area contributed by atoms with Crippen LogP contribution in [0.2, 0.25) is 0 Å². The van der Waals surface area contributed by atoms with E-state index in [1.807, 2.05) is 0 Å². The van der Waals surface area contributed by atoms with E-state index in [0.29, 0.717) is 0 Å². The van der Waals surface area contributed by atoms with Crippen molar-refractivity contribution in [2.45, 2.75) is 6.10 Å². The Kier molecular flexibility index (Phi) is 3.19. The van der Waals surface area contributed by atoms with Crippen LogP contribution in [0.3, 0.4) is 0 Å². The van der Waals surface area contributed by atoms with Crippen LogP contribution >= 0.6 is 0 Å². The van der Waals surface area contributed by atoms with E-state index in [-0.39, 0.29) is 0 Å². The Labute approximate surface area is 50.4 Å². The van der Waals surface area contributed by atoms with Crippen molar-refractivity contribution in [1.82, 2.24) is 0 Å². The summed E-state index contributed by atoms with van der Waals surface area (Å²) in [6, 6.07) is 0. The van der Waals surface area contributed by atoms with Gasteiger partial charge in [0, 0.05) is 4.91 Å². The third-order valence-corrected chi connectivity index (χ3v) is 0.603. The monoisotopic (exact) mass is 131 g/mol. The zero-order valence-electron chi connectivity index (χ0n) is 4.43. The highest BCUT2D eigenvalue weighted by atomic mass is 16.4. The predicted octanol–water partition coefficient (Wildman–Crippen LogP) is -0.258. The van der Waals surface area contributed by atoms with Crippen LogP contribution in [-0.2, 0) is 4.79 Å². The van der Waals surface area contributed by atoms with Gasteiger partial charge >= 0.3 is 5.97 Å². The van der Waals surface area contributed by atoms with Gasteiger partial charge in [0.15, 0.2) is 6.10 Å². The summed E-state index contributed by atoms with van der Waals surface area (Å²) >= 11 is 0. The Morgan fingerprint density at radius 3 is 2.78 bits per heavy atom. The molecule has 0 aromatic rings. The molecule has 0 aliphatic carbocycles. The molecule has 9 heavy (non-hydrogen) atoms. The van der Waals surface area contributed by atoms with Crippen LogP contribution < -0.4 is 0 Å². The largest absolute Gasteiger partial charge is 0.479 e. The van der Waals surface area contributed by atoms with Gasteiger partial charge in [-0.2, -0.15) is 0 Å². The number of carboxylic acid groups (broad SMARTS) is 1. The van der Waals surface area contributed by atoms with E-state index in [1.165, 1.54) is 0 Å². The first-order valence-electron chi connectivity index (χ1n) is 2.10. The van der Waals surface area contributed by atoms with Gasteiger partial charge in [0.25, 0.3) is 0 Å². The molecule has 50 valence electrons. The normalized spacial score (nSPS) is 11.7. The Morgan fingerprint density at radius 2 is 2.44 bits per heavy atom. The van der Waals surface area contributed by atoms with E-state index in [9.17, 15) is 4.79 Å². The summed E-state index contributed by atoms with van der Waals surface area (Å²) in [5.74, 6) is -1.39. The molecule has 0 aromatic carbocycles. The van der Waals surface area contributed by atoms with Crippen molar-refractivity contribution in [3.05, 3.63) is 10.4 Å². The number of rotatable bonds is 3. The Bertz CT molecular complexity index is 150. The lowest BCUT2D eigenvalue weighted by Crippen LogP contribution is -2.22. The molecule has 0 spiro atoms. The molecule has 0 aromatic heterocycles. The number of aliphatic carboxylic acids is 1. The van der Waals surface area contributed by atoms with Crippen LogP contribution in [-0.4, -0.2) is 28.8 Å². The maximum atomic E-state index is 9.77. The van der Waals surface area contributed by atoms with Crippen LogP contribution in [0, 0.1) is 0 Å². The SMILES string of the molecule is [N-]=[N+]=NC[C@@H](O)C(=O)O. The fourth-order valence-corrected chi connectivity index (χ4v) is 0.192. The number of aliphatic hydroxyl groups is 1. The Balaban J connectivity index is 3.63. The van der Waals surface area contributed by atoms with Crippen LogP contribution in [0.25, 0.3) is 10.4 Å². The molecule has 0 bridgehead atoms. The van der Waals surface area contributed by atoms with E-state index >= 15 is 0 Å². The van der Waals surface area contributed by atoms with E-state index in [1.54, 1.807) is 0 Å². The first-order valence-corrected chi connectivity index (χ1v) is 2.10. The molecule has 0 fully saturated rings. The van der Waals surface area contributed by atoms with Crippen LogP contribution in [0.15, 0.2) is 5.11 Å². The molecule has 0 radical (unpaired) electrons. The minimum atomic E-state index is -1.58. The average molecular weight is 131 g/mol. The number of azide groups is 1. The third-order valence-electron chi connectivity index (χ3n) is 0.603. The van der Waals surface area contributed by atoms with Crippen LogP contribution in [0.5, 0.6) is 0 Å². The van der Waals surface area contributed by atoms with Gasteiger partial charge in [-0.05, 0) is 5.53 Å². The minimum absolute atomic E-state index is 0.425. The topological polar surface area (TPSA) is 106 Å². The second kappa shape index (κ2) is 3.71. The van der Waals surface area contributed by atoms with Gasteiger partial charge in [-0.25, -0.2) is 4.79 Å². The Hall–Kier alpha value is -1.26. The predicted molar refractivity (Wildman–Crippen MR) is 27.7 cm³/mol. The standard InChI is InChI=1S/C3H5N3O3/c4-6-5-1-2(7)3(8)9/h2,7H,1H2,(H,8,9)/t2-/m1/s1. The number of hydrogen-bond acceptors (Lipinski definition) is 3. The maximum absolute atomic E-state index is 9.77. The van der Waals surface area contributed by atoms with E-state index in [4.69, 9.17) is 15.7 Å². The average Bonchev–Trinajstić information content (AvgIpc) is 1.82. The van der Waals surface area contributed by atoms with Gasteiger partial charge in [-0.15, -0.1) is 0 Å². The lowest BCUT2D eigenvalue weighted by Gasteiger charge is -1.96. The molecule has 0 aliphatic heterocycles. The molecule has 6 nitrogen and oxygen atoms in total. The molecule has 0 saturated heterocycles. The number of carbonyl (C=O) groups is 1. The highest BCUT2D eigenvalue weighted by molar-refractivity contribution is 5.72. The first-order chi connectivity index (χ1) is 4.18. The van der Waals surface area contributed by atoms with Crippen molar-refractivity contribution < 1.29 is 15.0 Å². The van der Waals surface area contributed by atoms with Crippen molar-refractivity contribution in [3.63, 3.8) is 0 Å². The fraction of sp³-hybridized carbons (Fsp3) is 0.667. The molecule has 0 rings (SSSR count). The lowest BCUT2D eigenvalue weighted by atomic mass is 10.4. The highest BCUT2D eigenvalue weighted by Gasteiger charge is 2.09. The minimum Gasteiger partial charge on any atom is -0.479 e. The van der Waals surface area contributed by atoms with E-state index in [0.717, 1.165) is 0 Å². The summed E-state index contributed by atoms with van der Waals surface area (Å²) in [4.78, 5) is 12.0. The second-order valence-electron chi connectivity index (χ2n) is 1.27. The molecular formula is C3H5N3O3. The van der Waals surface area contributed by atoms with Crippen molar-refractivity contribution >= 4 is 5.97 Å². The van der Waals surface area contributed by atoms with Gasteiger partial charge in [-0.1, -0.05) is 5.11 Å².